The number of benzene rings is 1. The molecule has 0 bridgehead atoms. The molecule has 0 spiro atoms. The van der Waals surface area contributed by atoms with Crippen molar-refractivity contribution in [2.45, 2.75) is 58.2 Å². The van der Waals surface area contributed by atoms with Crippen LogP contribution in [0, 0.1) is 0 Å². The fraction of sp³-hybridized carbons (Fsp3) is 0.650. The number of likely N-dealkylation sites (tertiary alicyclic amines) is 1. The highest BCUT2D eigenvalue weighted by molar-refractivity contribution is 5.81. The SMILES string of the molecule is CC(Oc1cccc(C(C)C)c1)C(=O)N1CCC(OCCCN)CC1. The zero-order chi connectivity index (χ0) is 18.2. The van der Waals surface area contributed by atoms with Crippen molar-refractivity contribution in [3.8, 4) is 5.75 Å². The van der Waals surface area contributed by atoms with E-state index >= 15 is 0 Å². The van der Waals surface area contributed by atoms with Gasteiger partial charge >= 0.3 is 0 Å². The average Bonchev–Trinajstić information content (AvgIpc) is 2.62. The summed E-state index contributed by atoms with van der Waals surface area (Å²) in [7, 11) is 0. The number of nitrogens with two attached hydrogens (primary N) is 1. The highest BCUT2D eigenvalue weighted by Gasteiger charge is 2.27. The Labute approximate surface area is 151 Å². The van der Waals surface area contributed by atoms with Crippen molar-refractivity contribution in [1.29, 1.82) is 0 Å². The Balaban J connectivity index is 1.81. The maximum absolute atomic E-state index is 12.6. The van der Waals surface area contributed by atoms with Crippen LogP contribution < -0.4 is 10.5 Å². The summed E-state index contributed by atoms with van der Waals surface area (Å²) in [6.07, 6.45) is 2.42. The molecule has 1 amide bonds. The molecule has 1 unspecified atom stereocenters. The van der Waals surface area contributed by atoms with Gasteiger partial charge in [-0.1, -0.05) is 26.0 Å². The van der Waals surface area contributed by atoms with Crippen LogP contribution in [0.1, 0.15) is 51.5 Å². The van der Waals surface area contributed by atoms with Gasteiger partial charge < -0.3 is 20.1 Å². The zero-order valence-corrected chi connectivity index (χ0v) is 15.7. The van der Waals surface area contributed by atoms with Crippen LogP contribution in [0.15, 0.2) is 24.3 Å². The predicted octanol–water partition coefficient (Wildman–Crippen LogP) is 2.93. The van der Waals surface area contributed by atoms with Crippen molar-refractivity contribution < 1.29 is 14.3 Å². The molecule has 25 heavy (non-hydrogen) atoms. The summed E-state index contributed by atoms with van der Waals surface area (Å²) in [5.41, 5.74) is 6.70. The van der Waals surface area contributed by atoms with Gasteiger partial charge in [-0.2, -0.15) is 0 Å². The number of rotatable bonds is 8. The molecular weight excluding hydrogens is 316 g/mol. The molecule has 1 aromatic rings. The van der Waals surface area contributed by atoms with E-state index in [1.54, 1.807) is 0 Å². The highest BCUT2D eigenvalue weighted by atomic mass is 16.5. The predicted molar refractivity (Wildman–Crippen MR) is 99.8 cm³/mol. The average molecular weight is 348 g/mol. The van der Waals surface area contributed by atoms with Crippen LogP contribution in [-0.2, 0) is 9.53 Å². The molecule has 1 atom stereocenters. The van der Waals surface area contributed by atoms with Gasteiger partial charge in [0.05, 0.1) is 6.10 Å². The molecule has 5 heteroatoms. The molecular formula is C20H32N2O3. The highest BCUT2D eigenvalue weighted by Crippen LogP contribution is 2.22. The zero-order valence-electron chi connectivity index (χ0n) is 15.7. The van der Waals surface area contributed by atoms with Crippen LogP contribution in [0.25, 0.3) is 0 Å². The third-order valence-electron chi connectivity index (χ3n) is 4.64. The van der Waals surface area contributed by atoms with Gasteiger partial charge in [0.25, 0.3) is 5.91 Å². The Morgan fingerprint density at radius 3 is 2.64 bits per heavy atom. The summed E-state index contributed by atoms with van der Waals surface area (Å²) in [5, 5.41) is 0. The molecule has 140 valence electrons. The molecule has 1 aliphatic rings. The van der Waals surface area contributed by atoms with Crippen LogP contribution in [0.3, 0.4) is 0 Å². The largest absolute Gasteiger partial charge is 0.481 e. The number of ether oxygens (including phenoxy) is 2. The summed E-state index contributed by atoms with van der Waals surface area (Å²) >= 11 is 0. The van der Waals surface area contributed by atoms with Crippen LogP contribution in [0.4, 0.5) is 0 Å². The molecule has 1 heterocycles. The number of hydrogen-bond donors (Lipinski definition) is 1. The molecule has 0 radical (unpaired) electrons. The molecule has 2 N–H and O–H groups in total. The molecule has 0 aromatic heterocycles. The van der Waals surface area contributed by atoms with Gasteiger partial charge in [-0.25, -0.2) is 0 Å². The second-order valence-corrected chi connectivity index (χ2v) is 7.02. The van der Waals surface area contributed by atoms with Crippen LogP contribution in [0.5, 0.6) is 5.75 Å². The van der Waals surface area contributed by atoms with Crippen molar-refractivity contribution >= 4 is 5.91 Å². The van der Waals surface area contributed by atoms with E-state index in [0.717, 1.165) is 38.1 Å². The lowest BCUT2D eigenvalue weighted by molar-refractivity contribution is -0.140. The lowest BCUT2D eigenvalue weighted by Crippen LogP contribution is -2.46. The first-order chi connectivity index (χ1) is 12.0. The lowest BCUT2D eigenvalue weighted by atomic mass is 10.0. The number of carbonyl (C=O) groups excluding carboxylic acids is 1. The Hall–Kier alpha value is -1.59. The summed E-state index contributed by atoms with van der Waals surface area (Å²) < 4.78 is 11.7. The minimum Gasteiger partial charge on any atom is -0.481 e. The minimum atomic E-state index is -0.475. The normalized spacial score (nSPS) is 16.9. The van der Waals surface area contributed by atoms with E-state index in [2.05, 4.69) is 19.9 Å². The first-order valence-corrected chi connectivity index (χ1v) is 9.38. The third kappa shape index (κ3) is 6.01. The fourth-order valence-corrected chi connectivity index (χ4v) is 3.03. The van der Waals surface area contributed by atoms with Crippen molar-refractivity contribution in [2.24, 2.45) is 5.73 Å². The van der Waals surface area contributed by atoms with Crippen molar-refractivity contribution in [3.05, 3.63) is 29.8 Å². The van der Waals surface area contributed by atoms with E-state index in [9.17, 15) is 4.79 Å². The summed E-state index contributed by atoms with van der Waals surface area (Å²) in [6.45, 7) is 8.94. The summed E-state index contributed by atoms with van der Waals surface area (Å²) in [4.78, 5) is 14.5. The quantitative estimate of drug-likeness (QED) is 0.734. The van der Waals surface area contributed by atoms with Gasteiger partial charge in [-0.15, -0.1) is 0 Å². The van der Waals surface area contributed by atoms with E-state index in [1.807, 2.05) is 30.0 Å². The Bertz CT molecular complexity index is 539. The van der Waals surface area contributed by atoms with Gasteiger partial charge in [0, 0.05) is 19.7 Å². The van der Waals surface area contributed by atoms with Crippen molar-refractivity contribution in [1.82, 2.24) is 4.90 Å². The first-order valence-electron chi connectivity index (χ1n) is 9.38. The number of nitrogens with zero attached hydrogens (tertiary/aromatic N) is 1. The number of piperidine rings is 1. The number of carbonyl (C=O) groups is 1. The van der Waals surface area contributed by atoms with Crippen LogP contribution in [-0.4, -0.2) is 49.3 Å². The molecule has 1 fully saturated rings. The van der Waals surface area contributed by atoms with Gasteiger partial charge in [0.1, 0.15) is 5.75 Å². The van der Waals surface area contributed by atoms with E-state index in [-0.39, 0.29) is 12.0 Å². The minimum absolute atomic E-state index is 0.0513. The summed E-state index contributed by atoms with van der Waals surface area (Å²) in [5.74, 6) is 1.25. The second-order valence-electron chi connectivity index (χ2n) is 7.02. The van der Waals surface area contributed by atoms with Gasteiger partial charge in [-0.05, 0) is 56.3 Å². The Morgan fingerprint density at radius 2 is 2.00 bits per heavy atom. The van der Waals surface area contributed by atoms with Crippen LogP contribution in [0.2, 0.25) is 0 Å². The third-order valence-corrected chi connectivity index (χ3v) is 4.64. The van der Waals surface area contributed by atoms with Gasteiger partial charge in [0.2, 0.25) is 0 Å². The summed E-state index contributed by atoms with van der Waals surface area (Å²) in [6, 6.07) is 7.99. The van der Waals surface area contributed by atoms with Gasteiger partial charge in [0.15, 0.2) is 6.10 Å². The fourth-order valence-electron chi connectivity index (χ4n) is 3.03. The first kappa shape index (κ1) is 19.7. The molecule has 1 saturated heterocycles. The van der Waals surface area contributed by atoms with E-state index in [0.29, 0.717) is 19.1 Å². The maximum Gasteiger partial charge on any atom is 0.263 e. The lowest BCUT2D eigenvalue weighted by Gasteiger charge is -2.33. The molecule has 5 nitrogen and oxygen atoms in total. The number of amides is 1. The molecule has 1 aliphatic heterocycles. The molecule has 0 aliphatic carbocycles. The monoisotopic (exact) mass is 348 g/mol. The Morgan fingerprint density at radius 1 is 1.28 bits per heavy atom. The Kier molecular flexibility index (Phi) is 7.72. The maximum atomic E-state index is 12.6. The standard InChI is InChI=1S/C20H32N2O3/c1-15(2)17-6-4-7-19(14-17)25-16(3)20(23)22-11-8-18(9-12-22)24-13-5-10-21/h4,6-7,14-16,18H,5,8-13,21H2,1-3H3. The van der Waals surface area contributed by atoms with Gasteiger partial charge in [-0.3, -0.25) is 4.79 Å². The molecule has 2 rings (SSSR count). The topological polar surface area (TPSA) is 64.8 Å². The van der Waals surface area contributed by atoms with E-state index in [1.165, 1.54) is 5.56 Å². The smallest absolute Gasteiger partial charge is 0.263 e. The second kappa shape index (κ2) is 9.78. The van der Waals surface area contributed by atoms with E-state index in [4.69, 9.17) is 15.2 Å². The van der Waals surface area contributed by atoms with E-state index < -0.39 is 6.10 Å². The number of hydrogen-bond acceptors (Lipinski definition) is 4. The molecule has 1 aromatic carbocycles. The van der Waals surface area contributed by atoms with Crippen molar-refractivity contribution in [3.63, 3.8) is 0 Å². The van der Waals surface area contributed by atoms with Crippen LogP contribution >= 0.6 is 0 Å². The molecule has 0 saturated carbocycles. The van der Waals surface area contributed by atoms with Crippen molar-refractivity contribution in [2.75, 3.05) is 26.2 Å².